The molecule has 0 aliphatic carbocycles. The van der Waals surface area contributed by atoms with Crippen molar-refractivity contribution < 1.29 is 0 Å². The Morgan fingerprint density at radius 1 is 1.60 bits per heavy atom. The number of hydrogen-bond acceptors (Lipinski definition) is 2. The minimum Gasteiger partial charge on any atom is -0.251 e. The Labute approximate surface area is 64.9 Å². The Morgan fingerprint density at radius 2 is 2.10 bits per heavy atom. The van der Waals surface area contributed by atoms with Gasteiger partial charge in [0.25, 0.3) is 0 Å². The Kier molecular flexibility index (Phi) is 8.37. The van der Waals surface area contributed by atoms with Gasteiger partial charge in [-0.05, 0) is 6.92 Å². The molecule has 0 aromatic rings. The maximum atomic E-state index is 3.77. The van der Waals surface area contributed by atoms with E-state index in [1.165, 1.54) is 0 Å². The largest absolute Gasteiger partial charge is 0.251 e. The van der Waals surface area contributed by atoms with Crippen molar-refractivity contribution in [3.05, 3.63) is 12.2 Å². The van der Waals surface area contributed by atoms with Gasteiger partial charge in [0.15, 0.2) is 0 Å². The van der Waals surface area contributed by atoms with Crippen molar-refractivity contribution in [3.8, 4) is 0 Å². The van der Waals surface area contributed by atoms with Crippen LogP contribution in [0.3, 0.4) is 0 Å². The molecule has 0 bridgehead atoms. The smallest absolute Gasteiger partial charge is 0.0307 e. The maximum absolute atomic E-state index is 3.77. The summed E-state index contributed by atoms with van der Waals surface area (Å²) >= 11 is 0. The predicted octanol–water partition coefficient (Wildman–Crippen LogP) is 1.65. The monoisotopic (exact) mass is 144 g/mol. The third-order valence-corrected chi connectivity index (χ3v) is 1.13. The second-order valence-corrected chi connectivity index (χ2v) is 2.31. The summed E-state index contributed by atoms with van der Waals surface area (Å²) in [7, 11) is 2.02. The number of hydrazine groups is 1. The lowest BCUT2D eigenvalue weighted by molar-refractivity contribution is 0.259. The van der Waals surface area contributed by atoms with Gasteiger partial charge in [-0.3, -0.25) is 5.43 Å². The molecular weight excluding hydrogens is 124 g/mol. The van der Waals surface area contributed by atoms with E-state index in [0.717, 1.165) is 18.7 Å². The van der Waals surface area contributed by atoms with Crippen LogP contribution in [0.4, 0.5) is 0 Å². The van der Waals surface area contributed by atoms with Crippen molar-refractivity contribution in [3.63, 3.8) is 0 Å². The van der Waals surface area contributed by atoms with Gasteiger partial charge in [-0.15, -0.1) is 0 Å². The highest BCUT2D eigenvalue weighted by atomic mass is 15.5. The average Bonchev–Trinajstić information content (AvgIpc) is 1.83. The van der Waals surface area contributed by atoms with E-state index >= 15 is 0 Å². The highest BCUT2D eigenvalue weighted by molar-refractivity contribution is 4.89. The first-order valence-corrected chi connectivity index (χ1v) is 3.25. The van der Waals surface area contributed by atoms with Crippen molar-refractivity contribution in [1.29, 1.82) is 0 Å². The van der Waals surface area contributed by atoms with E-state index < -0.39 is 0 Å². The molecule has 0 aliphatic heterocycles. The molecule has 62 valence electrons. The van der Waals surface area contributed by atoms with Gasteiger partial charge in [-0.1, -0.05) is 26.5 Å². The molecule has 0 atom stereocenters. The van der Waals surface area contributed by atoms with E-state index in [0.29, 0.717) is 0 Å². The highest BCUT2D eigenvalue weighted by Crippen LogP contribution is 1.82. The zero-order valence-corrected chi connectivity index (χ0v) is 6.57. The summed E-state index contributed by atoms with van der Waals surface area (Å²) in [6, 6.07) is 0. The Hall–Kier alpha value is -0.340. The average molecular weight is 144 g/mol. The fourth-order valence-electron chi connectivity index (χ4n) is 0.382. The molecule has 0 unspecified atom stereocenters. The quantitative estimate of drug-likeness (QED) is 0.477. The van der Waals surface area contributed by atoms with Gasteiger partial charge in [0, 0.05) is 20.1 Å². The molecule has 0 fully saturated rings. The van der Waals surface area contributed by atoms with E-state index in [9.17, 15) is 0 Å². The summed E-state index contributed by atoms with van der Waals surface area (Å²) < 4.78 is 0. The number of rotatable bonds is 4. The SMILES string of the molecule is C.C=C(C)CNN(C)CC. The predicted molar refractivity (Wildman–Crippen MR) is 47.9 cm³/mol. The molecule has 0 radical (unpaired) electrons. The lowest BCUT2D eigenvalue weighted by Gasteiger charge is -2.14. The fraction of sp³-hybridized carbons (Fsp3) is 0.750. The van der Waals surface area contributed by atoms with E-state index in [2.05, 4.69) is 18.9 Å². The molecule has 0 aromatic heterocycles. The molecule has 0 heterocycles. The number of nitrogens with zero attached hydrogens (tertiary/aromatic N) is 1. The van der Waals surface area contributed by atoms with Gasteiger partial charge >= 0.3 is 0 Å². The first kappa shape index (κ1) is 12.3. The fourth-order valence-corrected chi connectivity index (χ4v) is 0.382. The number of nitrogens with one attached hydrogen (secondary N) is 1. The van der Waals surface area contributed by atoms with Gasteiger partial charge in [-0.25, -0.2) is 5.01 Å². The lowest BCUT2D eigenvalue weighted by atomic mass is 10.4. The van der Waals surface area contributed by atoms with Crippen molar-refractivity contribution in [1.82, 2.24) is 10.4 Å². The van der Waals surface area contributed by atoms with Crippen LogP contribution in [0.15, 0.2) is 12.2 Å². The highest BCUT2D eigenvalue weighted by Gasteiger charge is 1.89. The Balaban J connectivity index is 0. The van der Waals surface area contributed by atoms with Crippen LogP contribution in [0, 0.1) is 0 Å². The van der Waals surface area contributed by atoms with E-state index in [4.69, 9.17) is 0 Å². The molecule has 0 rings (SSSR count). The van der Waals surface area contributed by atoms with Crippen molar-refractivity contribution in [2.75, 3.05) is 20.1 Å². The summed E-state index contributed by atoms with van der Waals surface area (Å²) in [5, 5.41) is 2.04. The zero-order chi connectivity index (χ0) is 7.28. The van der Waals surface area contributed by atoms with Crippen LogP contribution in [0.1, 0.15) is 21.3 Å². The molecule has 10 heavy (non-hydrogen) atoms. The standard InChI is InChI=1S/C7H16N2.CH4/c1-5-9(4)8-6-7(2)3;/h8H,2,5-6H2,1,3-4H3;1H4. The molecule has 2 nitrogen and oxygen atoms in total. The molecular formula is C8H20N2. The minimum atomic E-state index is 0. The molecule has 0 amide bonds. The Morgan fingerprint density at radius 3 is 2.40 bits per heavy atom. The zero-order valence-electron chi connectivity index (χ0n) is 6.57. The van der Waals surface area contributed by atoms with Crippen LogP contribution in [0.5, 0.6) is 0 Å². The van der Waals surface area contributed by atoms with Crippen molar-refractivity contribution in [2.24, 2.45) is 0 Å². The van der Waals surface area contributed by atoms with Crippen molar-refractivity contribution >= 4 is 0 Å². The summed E-state index contributed by atoms with van der Waals surface area (Å²) in [6.07, 6.45) is 0. The van der Waals surface area contributed by atoms with Crippen LogP contribution in [-0.2, 0) is 0 Å². The van der Waals surface area contributed by atoms with Crippen LogP contribution < -0.4 is 5.43 Å². The van der Waals surface area contributed by atoms with Gasteiger partial charge in [-0.2, -0.15) is 0 Å². The van der Waals surface area contributed by atoms with Crippen LogP contribution in [0.2, 0.25) is 0 Å². The third-order valence-electron chi connectivity index (χ3n) is 1.13. The first-order chi connectivity index (χ1) is 4.16. The maximum Gasteiger partial charge on any atom is 0.0307 e. The Bertz CT molecular complexity index is 89.3. The molecule has 0 aromatic carbocycles. The van der Waals surface area contributed by atoms with Gasteiger partial charge in [0.05, 0.1) is 0 Å². The minimum absolute atomic E-state index is 0. The summed E-state index contributed by atoms with van der Waals surface area (Å²) in [6.45, 7) is 9.79. The molecule has 0 saturated carbocycles. The summed E-state index contributed by atoms with van der Waals surface area (Å²) in [4.78, 5) is 0. The van der Waals surface area contributed by atoms with Crippen molar-refractivity contribution in [2.45, 2.75) is 21.3 Å². The van der Waals surface area contributed by atoms with Crippen LogP contribution in [-0.4, -0.2) is 25.1 Å². The van der Waals surface area contributed by atoms with Crippen LogP contribution in [0.25, 0.3) is 0 Å². The summed E-state index contributed by atoms with van der Waals surface area (Å²) in [5.41, 5.74) is 4.33. The third kappa shape index (κ3) is 7.66. The molecule has 0 spiro atoms. The number of hydrogen-bond donors (Lipinski definition) is 1. The second-order valence-electron chi connectivity index (χ2n) is 2.31. The molecule has 0 saturated heterocycles. The molecule has 0 aliphatic rings. The van der Waals surface area contributed by atoms with Crippen LogP contribution >= 0.6 is 0 Å². The van der Waals surface area contributed by atoms with Gasteiger partial charge in [0.1, 0.15) is 0 Å². The molecule has 2 heteroatoms. The van der Waals surface area contributed by atoms with E-state index in [1.807, 2.05) is 19.0 Å². The molecule has 1 N–H and O–H groups in total. The summed E-state index contributed by atoms with van der Waals surface area (Å²) in [5.74, 6) is 0. The normalized spacial score (nSPS) is 9.20. The second kappa shape index (κ2) is 6.78. The van der Waals surface area contributed by atoms with E-state index in [1.54, 1.807) is 0 Å². The van der Waals surface area contributed by atoms with E-state index in [-0.39, 0.29) is 7.43 Å². The first-order valence-electron chi connectivity index (χ1n) is 3.25. The van der Waals surface area contributed by atoms with Gasteiger partial charge < -0.3 is 0 Å². The van der Waals surface area contributed by atoms with Gasteiger partial charge in [0.2, 0.25) is 0 Å². The topological polar surface area (TPSA) is 15.3 Å². The lowest BCUT2D eigenvalue weighted by Crippen LogP contribution is -2.34.